The zero-order valence-electron chi connectivity index (χ0n) is 15.6. The zero-order valence-corrected chi connectivity index (χ0v) is 16.4. The lowest BCUT2D eigenvalue weighted by molar-refractivity contribution is 0.0994. The molecule has 7 nitrogen and oxygen atoms in total. The Bertz CT molecular complexity index is 1240. The molecule has 0 N–H and O–H groups in total. The highest BCUT2D eigenvalue weighted by molar-refractivity contribution is 8.00. The minimum Gasteiger partial charge on any atom is -0.497 e. The van der Waals surface area contributed by atoms with Crippen molar-refractivity contribution in [3.63, 3.8) is 0 Å². The van der Waals surface area contributed by atoms with Crippen LogP contribution in [-0.4, -0.2) is 37.3 Å². The van der Waals surface area contributed by atoms with Gasteiger partial charge in [-0.25, -0.2) is 0 Å². The van der Waals surface area contributed by atoms with Gasteiger partial charge in [0.15, 0.2) is 10.9 Å². The minimum atomic E-state index is -0.378. The Balaban J connectivity index is 1.73. The number of carbonyl (C=O) groups is 1. The van der Waals surface area contributed by atoms with Gasteiger partial charge in [-0.2, -0.15) is 0 Å². The molecular formula is C20H18N4O3S. The largest absolute Gasteiger partial charge is 0.497 e. The average molecular weight is 394 g/mol. The molecule has 0 aliphatic carbocycles. The fourth-order valence-corrected chi connectivity index (χ4v) is 4.02. The Hall–Kier alpha value is -3.13. The predicted molar refractivity (Wildman–Crippen MR) is 108 cm³/mol. The first-order valence-electron chi connectivity index (χ1n) is 8.69. The molecule has 1 unspecified atom stereocenters. The molecule has 0 saturated carbocycles. The number of aromatic nitrogens is 4. The summed E-state index contributed by atoms with van der Waals surface area (Å²) in [6.45, 7) is 1.84. The Kier molecular flexibility index (Phi) is 4.64. The number of benzene rings is 2. The van der Waals surface area contributed by atoms with Gasteiger partial charge in [0, 0.05) is 12.6 Å². The molecule has 8 heteroatoms. The molecule has 0 amide bonds. The van der Waals surface area contributed by atoms with E-state index in [1.54, 1.807) is 44.5 Å². The predicted octanol–water partition coefficient (Wildman–Crippen LogP) is 2.95. The number of fused-ring (bicyclic) bond motifs is 3. The summed E-state index contributed by atoms with van der Waals surface area (Å²) >= 11 is 1.32. The van der Waals surface area contributed by atoms with Crippen molar-refractivity contribution in [1.29, 1.82) is 0 Å². The summed E-state index contributed by atoms with van der Waals surface area (Å²) in [7, 11) is 3.25. The van der Waals surface area contributed by atoms with Gasteiger partial charge in [0.05, 0.1) is 23.3 Å². The van der Waals surface area contributed by atoms with Crippen LogP contribution >= 0.6 is 11.8 Å². The van der Waals surface area contributed by atoms with Crippen molar-refractivity contribution in [3.8, 4) is 5.75 Å². The summed E-state index contributed by atoms with van der Waals surface area (Å²) < 4.78 is 8.42. The lowest BCUT2D eigenvalue weighted by Gasteiger charge is -2.11. The number of hydrogen-bond acceptors (Lipinski definition) is 6. The minimum absolute atomic E-state index is 0.0153. The molecule has 0 fully saturated rings. The number of ketones is 1. The fraction of sp³-hybridized carbons (Fsp3) is 0.200. The Morgan fingerprint density at radius 2 is 1.82 bits per heavy atom. The van der Waals surface area contributed by atoms with Gasteiger partial charge in [0.2, 0.25) is 5.78 Å². The summed E-state index contributed by atoms with van der Waals surface area (Å²) in [5.41, 5.74) is 1.19. The van der Waals surface area contributed by atoms with Crippen LogP contribution < -0.4 is 10.3 Å². The van der Waals surface area contributed by atoms with Crippen LogP contribution in [0.1, 0.15) is 17.3 Å². The van der Waals surface area contributed by atoms with E-state index in [0.717, 1.165) is 5.52 Å². The van der Waals surface area contributed by atoms with Crippen LogP contribution in [0.15, 0.2) is 58.5 Å². The van der Waals surface area contributed by atoms with Crippen LogP contribution in [0, 0.1) is 0 Å². The molecule has 28 heavy (non-hydrogen) atoms. The Morgan fingerprint density at radius 1 is 1.11 bits per heavy atom. The summed E-state index contributed by atoms with van der Waals surface area (Å²) in [5.74, 6) is 1.13. The second-order valence-corrected chi connectivity index (χ2v) is 7.66. The molecule has 0 radical (unpaired) electrons. The maximum atomic E-state index is 12.8. The molecule has 0 aliphatic rings. The van der Waals surface area contributed by atoms with Crippen molar-refractivity contribution >= 4 is 34.2 Å². The number of aryl methyl sites for hydroxylation is 1. The van der Waals surface area contributed by atoms with Gasteiger partial charge in [-0.3, -0.25) is 18.6 Å². The number of hydrogen-bond donors (Lipinski definition) is 0. The van der Waals surface area contributed by atoms with Crippen molar-refractivity contribution in [2.45, 2.75) is 17.3 Å². The smallest absolute Gasteiger partial charge is 0.262 e. The quantitative estimate of drug-likeness (QED) is 0.383. The zero-order chi connectivity index (χ0) is 19.8. The van der Waals surface area contributed by atoms with Crippen molar-refractivity contribution in [2.24, 2.45) is 7.05 Å². The lowest BCUT2D eigenvalue weighted by Crippen LogP contribution is -2.20. The highest BCUT2D eigenvalue weighted by Gasteiger charge is 2.21. The first-order chi connectivity index (χ1) is 13.5. The Morgan fingerprint density at radius 3 is 2.54 bits per heavy atom. The topological polar surface area (TPSA) is 78.5 Å². The van der Waals surface area contributed by atoms with Crippen LogP contribution in [0.5, 0.6) is 5.75 Å². The van der Waals surface area contributed by atoms with E-state index in [-0.39, 0.29) is 16.6 Å². The monoisotopic (exact) mass is 394 g/mol. The summed E-state index contributed by atoms with van der Waals surface area (Å²) in [4.78, 5) is 25.3. The highest BCUT2D eigenvalue weighted by Crippen LogP contribution is 2.27. The van der Waals surface area contributed by atoms with Gasteiger partial charge >= 0.3 is 0 Å². The van der Waals surface area contributed by atoms with Crippen LogP contribution in [0.25, 0.3) is 16.7 Å². The third kappa shape index (κ3) is 2.95. The molecular weight excluding hydrogens is 376 g/mol. The second kappa shape index (κ2) is 7.12. The molecule has 1 atom stereocenters. The first kappa shape index (κ1) is 18.2. The third-order valence-corrected chi connectivity index (χ3v) is 5.66. The van der Waals surface area contributed by atoms with E-state index in [2.05, 4.69) is 10.2 Å². The van der Waals surface area contributed by atoms with Gasteiger partial charge in [0.25, 0.3) is 5.56 Å². The number of carbonyl (C=O) groups excluding carboxylic acids is 1. The van der Waals surface area contributed by atoms with E-state index in [1.807, 2.05) is 29.5 Å². The summed E-state index contributed by atoms with van der Waals surface area (Å²) in [5, 5.41) is 9.16. The highest BCUT2D eigenvalue weighted by atomic mass is 32.2. The van der Waals surface area contributed by atoms with Crippen LogP contribution in [0.3, 0.4) is 0 Å². The molecule has 2 aromatic heterocycles. The molecule has 4 rings (SSSR count). The number of nitrogens with zero attached hydrogens (tertiary/aromatic N) is 4. The van der Waals surface area contributed by atoms with Crippen LogP contribution in [0.2, 0.25) is 0 Å². The van der Waals surface area contributed by atoms with E-state index in [9.17, 15) is 9.59 Å². The number of rotatable bonds is 5. The maximum Gasteiger partial charge on any atom is 0.262 e. The average Bonchev–Trinajstić information content (AvgIpc) is 3.15. The molecule has 0 bridgehead atoms. The van der Waals surface area contributed by atoms with Crippen LogP contribution in [-0.2, 0) is 7.05 Å². The molecule has 0 aliphatic heterocycles. The van der Waals surface area contributed by atoms with Crippen molar-refractivity contribution < 1.29 is 9.53 Å². The standard InChI is InChI=1S/C20H18N4O3S/c1-12(17(25)13-8-10-14(27-3)11-9-13)28-20-22-21-19-23(2)18(26)15-6-4-5-7-16(15)24(19)20/h4-12H,1-3H3. The third-order valence-electron chi connectivity index (χ3n) is 4.62. The van der Waals surface area contributed by atoms with Gasteiger partial charge in [0.1, 0.15) is 5.75 Å². The number of thioether (sulfide) groups is 1. The number of para-hydroxylation sites is 1. The number of ether oxygens (including phenoxy) is 1. The summed E-state index contributed by atoms with van der Waals surface area (Å²) in [6, 6.07) is 14.3. The second-order valence-electron chi connectivity index (χ2n) is 6.35. The van der Waals surface area contributed by atoms with Crippen LogP contribution in [0.4, 0.5) is 0 Å². The van der Waals surface area contributed by atoms with Gasteiger partial charge in [-0.05, 0) is 43.3 Å². The maximum absolute atomic E-state index is 12.8. The molecule has 4 aromatic rings. The molecule has 2 aromatic carbocycles. The molecule has 0 spiro atoms. The van der Waals surface area contributed by atoms with E-state index in [4.69, 9.17) is 4.74 Å². The number of Topliss-reactive ketones (excluding diaryl/α,β-unsaturated/α-hetero) is 1. The summed E-state index contributed by atoms with van der Waals surface area (Å²) in [6.07, 6.45) is 0. The lowest BCUT2D eigenvalue weighted by atomic mass is 10.1. The van der Waals surface area contributed by atoms with Gasteiger partial charge < -0.3 is 4.74 Å². The molecule has 2 heterocycles. The first-order valence-corrected chi connectivity index (χ1v) is 9.57. The van der Waals surface area contributed by atoms with E-state index in [0.29, 0.717) is 27.6 Å². The van der Waals surface area contributed by atoms with Gasteiger partial charge in [-0.15, -0.1) is 10.2 Å². The fourth-order valence-electron chi connectivity index (χ4n) is 3.09. The van der Waals surface area contributed by atoms with Crippen molar-refractivity contribution in [3.05, 3.63) is 64.4 Å². The SMILES string of the molecule is COc1ccc(C(=O)C(C)Sc2nnc3n(C)c(=O)c4ccccc4n23)cc1. The van der Waals surface area contributed by atoms with E-state index < -0.39 is 0 Å². The molecule has 142 valence electrons. The van der Waals surface area contributed by atoms with Gasteiger partial charge in [-0.1, -0.05) is 23.9 Å². The van der Waals surface area contributed by atoms with Crippen molar-refractivity contribution in [1.82, 2.24) is 19.2 Å². The van der Waals surface area contributed by atoms with E-state index >= 15 is 0 Å². The van der Waals surface area contributed by atoms with E-state index in [1.165, 1.54) is 16.3 Å². The van der Waals surface area contributed by atoms with Crippen molar-refractivity contribution in [2.75, 3.05) is 7.11 Å². The Labute approximate surface area is 165 Å². The normalized spacial score (nSPS) is 12.4. The molecule has 0 saturated heterocycles. The number of methoxy groups -OCH3 is 1.